The Morgan fingerprint density at radius 3 is 2.52 bits per heavy atom. The van der Waals surface area contributed by atoms with E-state index in [0.29, 0.717) is 24.9 Å². The van der Waals surface area contributed by atoms with E-state index in [0.717, 1.165) is 44.7 Å². The maximum absolute atomic E-state index is 13.2. The Kier molecular flexibility index (Phi) is 8.13. The van der Waals surface area contributed by atoms with Crippen LogP contribution in [0.15, 0.2) is 36.7 Å². The number of rotatable bonds is 10. The van der Waals surface area contributed by atoms with Crippen molar-refractivity contribution in [2.45, 2.75) is 45.2 Å². The second kappa shape index (κ2) is 11.0. The fourth-order valence-corrected chi connectivity index (χ4v) is 4.11. The van der Waals surface area contributed by atoms with Gasteiger partial charge in [-0.2, -0.15) is 0 Å². The van der Waals surface area contributed by atoms with E-state index in [1.165, 1.54) is 6.33 Å². The number of benzene rings is 1. The van der Waals surface area contributed by atoms with E-state index >= 15 is 0 Å². The first-order chi connectivity index (χ1) is 14.2. The van der Waals surface area contributed by atoms with Gasteiger partial charge in [0.25, 0.3) is 0 Å². The van der Waals surface area contributed by atoms with Crippen molar-refractivity contribution >= 4 is 5.91 Å². The molecule has 0 saturated carbocycles. The number of nitrogens with one attached hydrogen (secondary N) is 1. The lowest BCUT2D eigenvalue weighted by molar-refractivity contribution is -0.125. The summed E-state index contributed by atoms with van der Waals surface area (Å²) in [6.45, 7) is 8.41. The van der Waals surface area contributed by atoms with Crippen LogP contribution >= 0.6 is 0 Å². The number of carbonyl (C=O) groups excluding carboxylic acids is 1. The van der Waals surface area contributed by atoms with Gasteiger partial charge in [0.05, 0.1) is 13.2 Å². The van der Waals surface area contributed by atoms with Crippen LogP contribution in [0.3, 0.4) is 0 Å². The Morgan fingerprint density at radius 1 is 1.17 bits per heavy atom. The van der Waals surface area contributed by atoms with Crippen LogP contribution < -0.4 is 5.32 Å². The third-order valence-electron chi connectivity index (χ3n) is 5.85. The number of hydrogen-bond acceptors (Lipinski definition) is 6. The molecule has 29 heavy (non-hydrogen) atoms. The van der Waals surface area contributed by atoms with Crippen molar-refractivity contribution in [2.75, 3.05) is 32.8 Å². The summed E-state index contributed by atoms with van der Waals surface area (Å²) in [5.74, 6) is 0.486. The van der Waals surface area contributed by atoms with E-state index < -0.39 is 6.04 Å². The van der Waals surface area contributed by atoms with Crippen LogP contribution in [0.2, 0.25) is 0 Å². The molecule has 1 amide bonds. The first-order valence-electron chi connectivity index (χ1n) is 10.6. The van der Waals surface area contributed by atoms with Crippen molar-refractivity contribution in [3.05, 3.63) is 42.2 Å². The molecule has 1 aromatic heterocycles. The Labute approximate surface area is 172 Å². The molecule has 1 N–H and O–H groups in total. The van der Waals surface area contributed by atoms with Gasteiger partial charge in [-0.1, -0.05) is 57.0 Å². The van der Waals surface area contributed by atoms with Crippen molar-refractivity contribution in [1.29, 1.82) is 0 Å². The Morgan fingerprint density at radius 2 is 1.90 bits per heavy atom. The molecule has 1 aliphatic heterocycles. The number of ether oxygens (including phenoxy) is 1. The van der Waals surface area contributed by atoms with E-state index in [2.05, 4.69) is 39.6 Å². The third kappa shape index (κ3) is 5.83. The maximum Gasteiger partial charge on any atom is 0.245 e. The first-order valence-corrected chi connectivity index (χ1v) is 10.6. The fraction of sp³-hybridized carbons (Fsp3) is 0.619. The van der Waals surface area contributed by atoms with E-state index in [1.54, 1.807) is 4.68 Å². The summed E-state index contributed by atoms with van der Waals surface area (Å²) >= 11 is 0. The highest BCUT2D eigenvalue weighted by Gasteiger charge is 2.29. The second-order valence-corrected chi connectivity index (χ2v) is 7.53. The number of carbonyl (C=O) groups is 1. The van der Waals surface area contributed by atoms with Crippen molar-refractivity contribution in [3.8, 4) is 0 Å². The quantitative estimate of drug-likeness (QED) is 0.654. The van der Waals surface area contributed by atoms with Crippen LogP contribution in [0.4, 0.5) is 0 Å². The molecule has 0 aliphatic carbocycles. The lowest BCUT2D eigenvalue weighted by Gasteiger charge is -2.39. The largest absolute Gasteiger partial charge is 0.379 e. The monoisotopic (exact) mass is 400 g/mol. The van der Waals surface area contributed by atoms with Gasteiger partial charge in [0.15, 0.2) is 0 Å². The number of tetrazole rings is 1. The minimum Gasteiger partial charge on any atom is -0.379 e. The Hall–Kier alpha value is -2.32. The zero-order valence-electron chi connectivity index (χ0n) is 17.4. The molecule has 0 bridgehead atoms. The van der Waals surface area contributed by atoms with Gasteiger partial charge >= 0.3 is 0 Å². The Bertz CT molecular complexity index is 714. The second-order valence-electron chi connectivity index (χ2n) is 7.53. The molecule has 2 atom stereocenters. The number of nitrogens with zero attached hydrogens (tertiary/aromatic N) is 5. The molecule has 1 saturated heterocycles. The molecule has 0 spiro atoms. The molecular weight excluding hydrogens is 368 g/mol. The van der Waals surface area contributed by atoms with Gasteiger partial charge in [-0.05, 0) is 21.9 Å². The molecule has 2 heterocycles. The van der Waals surface area contributed by atoms with Gasteiger partial charge in [0, 0.05) is 32.1 Å². The molecule has 2 unspecified atom stereocenters. The van der Waals surface area contributed by atoms with E-state index in [1.807, 2.05) is 30.3 Å². The molecule has 1 aliphatic rings. The standard InChI is InChI=1S/C21H32N6O2/c1-3-18(4-2)20(26-10-12-29-13-11-26)15-22-21(28)19(27-16-23-24-25-27)14-17-8-6-5-7-9-17/h5-9,16,18-20H,3-4,10-15H2,1-2H3,(H,22,28). The highest BCUT2D eigenvalue weighted by Crippen LogP contribution is 2.20. The summed E-state index contributed by atoms with van der Waals surface area (Å²) in [7, 11) is 0. The molecule has 8 nitrogen and oxygen atoms in total. The lowest BCUT2D eigenvalue weighted by Crippen LogP contribution is -2.52. The molecule has 1 aromatic carbocycles. The number of aromatic nitrogens is 4. The van der Waals surface area contributed by atoms with Crippen LogP contribution in [-0.4, -0.2) is 69.9 Å². The normalized spacial score (nSPS) is 17.2. The molecule has 3 rings (SSSR count). The van der Waals surface area contributed by atoms with Gasteiger partial charge in [-0.15, -0.1) is 5.10 Å². The summed E-state index contributed by atoms with van der Waals surface area (Å²) in [6.07, 6.45) is 4.24. The molecule has 2 aromatic rings. The van der Waals surface area contributed by atoms with Crippen molar-refractivity contribution < 1.29 is 9.53 Å². The van der Waals surface area contributed by atoms with Crippen molar-refractivity contribution in [2.24, 2.45) is 5.92 Å². The topological polar surface area (TPSA) is 85.2 Å². The molecule has 1 fully saturated rings. The van der Waals surface area contributed by atoms with Crippen LogP contribution in [0.5, 0.6) is 0 Å². The zero-order valence-corrected chi connectivity index (χ0v) is 17.4. The highest BCUT2D eigenvalue weighted by molar-refractivity contribution is 5.80. The van der Waals surface area contributed by atoms with Crippen LogP contribution in [0, 0.1) is 5.92 Å². The lowest BCUT2D eigenvalue weighted by atomic mass is 9.92. The van der Waals surface area contributed by atoms with Crippen LogP contribution in [-0.2, 0) is 16.0 Å². The van der Waals surface area contributed by atoms with Crippen molar-refractivity contribution in [3.63, 3.8) is 0 Å². The predicted molar refractivity (Wildman–Crippen MR) is 110 cm³/mol. The average molecular weight is 401 g/mol. The number of hydrogen-bond donors (Lipinski definition) is 1. The van der Waals surface area contributed by atoms with Crippen molar-refractivity contribution in [1.82, 2.24) is 30.4 Å². The van der Waals surface area contributed by atoms with Gasteiger partial charge in [-0.3, -0.25) is 9.69 Å². The van der Waals surface area contributed by atoms with Gasteiger partial charge < -0.3 is 10.1 Å². The molecule has 0 radical (unpaired) electrons. The Balaban J connectivity index is 1.69. The summed E-state index contributed by atoms with van der Waals surface area (Å²) in [4.78, 5) is 15.6. The number of amides is 1. The third-order valence-corrected chi connectivity index (χ3v) is 5.85. The van der Waals surface area contributed by atoms with E-state index in [9.17, 15) is 4.79 Å². The molecular formula is C21H32N6O2. The maximum atomic E-state index is 13.2. The summed E-state index contributed by atoms with van der Waals surface area (Å²) in [5.41, 5.74) is 1.08. The minimum atomic E-state index is -0.473. The highest BCUT2D eigenvalue weighted by atomic mass is 16.5. The zero-order chi connectivity index (χ0) is 20.5. The van der Waals surface area contributed by atoms with Crippen LogP contribution in [0.1, 0.15) is 38.3 Å². The van der Waals surface area contributed by atoms with Gasteiger partial charge in [0.1, 0.15) is 12.4 Å². The first kappa shape index (κ1) is 21.4. The van der Waals surface area contributed by atoms with E-state index in [-0.39, 0.29) is 5.91 Å². The molecule has 8 heteroatoms. The van der Waals surface area contributed by atoms with Gasteiger partial charge in [-0.25, -0.2) is 4.68 Å². The summed E-state index contributed by atoms with van der Waals surface area (Å²) in [5, 5.41) is 14.6. The minimum absolute atomic E-state index is 0.0506. The predicted octanol–water partition coefficient (Wildman–Crippen LogP) is 1.71. The summed E-state index contributed by atoms with van der Waals surface area (Å²) < 4.78 is 7.07. The van der Waals surface area contributed by atoms with Gasteiger partial charge in [0.2, 0.25) is 5.91 Å². The smallest absolute Gasteiger partial charge is 0.245 e. The number of morpholine rings is 1. The molecule has 158 valence electrons. The SMILES string of the molecule is CCC(CC)C(CNC(=O)C(Cc1ccccc1)n1cnnn1)N1CCOCC1. The van der Waals surface area contributed by atoms with Crippen LogP contribution in [0.25, 0.3) is 0 Å². The average Bonchev–Trinajstić information content (AvgIpc) is 3.30. The fourth-order valence-electron chi connectivity index (χ4n) is 4.11. The van der Waals surface area contributed by atoms with E-state index in [4.69, 9.17) is 4.74 Å². The summed E-state index contributed by atoms with van der Waals surface area (Å²) in [6, 6.07) is 9.80.